The molecule has 0 N–H and O–H groups in total. The minimum absolute atomic E-state index is 0.00972. The van der Waals surface area contributed by atoms with E-state index in [4.69, 9.17) is 11.6 Å². The molecule has 1 fully saturated rings. The summed E-state index contributed by atoms with van der Waals surface area (Å²) in [5.74, 6) is -0.430. The molecule has 0 radical (unpaired) electrons. The highest BCUT2D eigenvalue weighted by Gasteiger charge is 2.35. The zero-order chi connectivity index (χ0) is 18.8. The van der Waals surface area contributed by atoms with Crippen LogP contribution in [0.5, 0.6) is 0 Å². The van der Waals surface area contributed by atoms with Crippen molar-refractivity contribution in [2.75, 3.05) is 0 Å². The Morgan fingerprint density at radius 3 is 2.54 bits per heavy atom. The summed E-state index contributed by atoms with van der Waals surface area (Å²) in [7, 11) is 0. The van der Waals surface area contributed by atoms with Gasteiger partial charge in [-0.05, 0) is 47.2 Å². The second kappa shape index (κ2) is 7.61. The van der Waals surface area contributed by atoms with Crippen LogP contribution in [0.1, 0.15) is 11.1 Å². The Labute approximate surface area is 166 Å². The number of amides is 2. The summed E-state index contributed by atoms with van der Waals surface area (Å²) >= 11 is 9.92. The van der Waals surface area contributed by atoms with Crippen LogP contribution in [-0.2, 0) is 11.3 Å². The van der Waals surface area contributed by atoms with E-state index < -0.39 is 10.8 Å². The standard InChI is InChI=1S/C17H10BrClN2O4S/c18-12-4-1-10(2-5-12)9-20-16(22)15(26-17(20)23)8-11-3-6-13(19)14(7-11)21(24)25/h1-8H,9H2/b15-8-. The first kappa shape index (κ1) is 18.6. The van der Waals surface area contributed by atoms with Crippen molar-refractivity contribution in [2.45, 2.75) is 6.54 Å². The van der Waals surface area contributed by atoms with Crippen molar-refractivity contribution < 1.29 is 14.5 Å². The van der Waals surface area contributed by atoms with Gasteiger partial charge in [0.2, 0.25) is 0 Å². The maximum atomic E-state index is 12.5. The molecule has 1 heterocycles. The van der Waals surface area contributed by atoms with Crippen molar-refractivity contribution in [1.29, 1.82) is 0 Å². The highest BCUT2D eigenvalue weighted by Crippen LogP contribution is 2.34. The maximum Gasteiger partial charge on any atom is 0.293 e. The molecule has 6 nitrogen and oxygen atoms in total. The zero-order valence-corrected chi connectivity index (χ0v) is 16.2. The Hall–Kier alpha value is -2.16. The lowest BCUT2D eigenvalue weighted by Gasteiger charge is -2.12. The Bertz CT molecular complexity index is 946. The molecule has 2 amide bonds. The van der Waals surface area contributed by atoms with Crippen molar-refractivity contribution >= 4 is 62.2 Å². The number of halogens is 2. The van der Waals surface area contributed by atoms with Gasteiger partial charge in [0.25, 0.3) is 16.8 Å². The molecule has 0 saturated carbocycles. The van der Waals surface area contributed by atoms with E-state index in [-0.39, 0.29) is 27.4 Å². The van der Waals surface area contributed by atoms with Gasteiger partial charge in [-0.3, -0.25) is 24.6 Å². The fourth-order valence-electron chi connectivity index (χ4n) is 2.32. The van der Waals surface area contributed by atoms with Gasteiger partial charge in [-0.25, -0.2) is 0 Å². The monoisotopic (exact) mass is 452 g/mol. The van der Waals surface area contributed by atoms with Crippen LogP contribution >= 0.6 is 39.3 Å². The van der Waals surface area contributed by atoms with E-state index in [1.54, 1.807) is 6.07 Å². The van der Waals surface area contributed by atoms with E-state index in [2.05, 4.69) is 15.9 Å². The third-order valence-electron chi connectivity index (χ3n) is 3.59. The second-order valence-electron chi connectivity index (χ2n) is 5.36. The molecular formula is C17H10BrClN2O4S. The van der Waals surface area contributed by atoms with Gasteiger partial charge < -0.3 is 0 Å². The van der Waals surface area contributed by atoms with Crippen LogP contribution in [0.4, 0.5) is 10.5 Å². The predicted octanol–water partition coefficient (Wildman–Crippen LogP) is 5.25. The lowest BCUT2D eigenvalue weighted by atomic mass is 10.1. The molecule has 9 heteroatoms. The molecule has 132 valence electrons. The largest absolute Gasteiger partial charge is 0.293 e. The van der Waals surface area contributed by atoms with Crippen LogP contribution in [-0.4, -0.2) is 21.0 Å². The number of imide groups is 1. The van der Waals surface area contributed by atoms with Crippen LogP contribution in [0.2, 0.25) is 5.02 Å². The first-order valence-corrected chi connectivity index (χ1v) is 9.27. The molecular weight excluding hydrogens is 444 g/mol. The van der Waals surface area contributed by atoms with Crippen LogP contribution in [0.25, 0.3) is 6.08 Å². The summed E-state index contributed by atoms with van der Waals surface area (Å²) in [4.78, 5) is 36.4. The molecule has 2 aromatic rings. The van der Waals surface area contributed by atoms with Gasteiger partial charge in [0.15, 0.2) is 0 Å². The molecule has 0 unspecified atom stereocenters. The average molecular weight is 454 g/mol. The molecule has 0 aliphatic carbocycles. The van der Waals surface area contributed by atoms with Crippen molar-refractivity contribution in [3.05, 3.63) is 78.1 Å². The van der Waals surface area contributed by atoms with Crippen LogP contribution in [0, 0.1) is 10.1 Å². The topological polar surface area (TPSA) is 80.5 Å². The number of carbonyl (C=O) groups excluding carboxylic acids is 2. The number of nitro groups is 1. The lowest BCUT2D eigenvalue weighted by molar-refractivity contribution is -0.384. The summed E-state index contributed by atoms with van der Waals surface area (Å²) in [5, 5.41) is 10.6. The molecule has 1 aliphatic heterocycles. The molecule has 0 atom stereocenters. The van der Waals surface area contributed by atoms with Crippen molar-refractivity contribution in [1.82, 2.24) is 4.90 Å². The highest BCUT2D eigenvalue weighted by molar-refractivity contribution is 9.10. The van der Waals surface area contributed by atoms with E-state index in [0.29, 0.717) is 5.56 Å². The minimum atomic E-state index is -0.598. The fourth-order valence-corrected chi connectivity index (χ4v) is 3.61. The second-order valence-corrected chi connectivity index (χ2v) is 7.68. The number of thioether (sulfide) groups is 1. The predicted molar refractivity (Wildman–Crippen MR) is 104 cm³/mol. The number of benzene rings is 2. The number of carbonyl (C=O) groups is 2. The summed E-state index contributed by atoms with van der Waals surface area (Å²) in [6.07, 6.45) is 1.45. The van der Waals surface area contributed by atoms with Crippen molar-refractivity contribution in [3.8, 4) is 0 Å². The van der Waals surface area contributed by atoms with Crippen molar-refractivity contribution in [3.63, 3.8) is 0 Å². The molecule has 1 saturated heterocycles. The number of rotatable bonds is 4. The molecule has 3 rings (SSSR count). The first-order chi connectivity index (χ1) is 12.3. The first-order valence-electron chi connectivity index (χ1n) is 7.29. The molecule has 0 spiro atoms. The van der Waals surface area contributed by atoms with Crippen LogP contribution in [0.15, 0.2) is 51.8 Å². The van der Waals surface area contributed by atoms with Crippen LogP contribution in [0.3, 0.4) is 0 Å². The third-order valence-corrected chi connectivity index (χ3v) is 5.35. The molecule has 0 aromatic heterocycles. The molecule has 0 bridgehead atoms. The summed E-state index contributed by atoms with van der Waals surface area (Å²) in [6, 6.07) is 11.5. The minimum Gasteiger partial charge on any atom is -0.268 e. The van der Waals surface area contributed by atoms with Gasteiger partial charge in [-0.1, -0.05) is 45.7 Å². The van der Waals surface area contributed by atoms with Gasteiger partial charge >= 0.3 is 0 Å². The van der Waals surface area contributed by atoms with Crippen molar-refractivity contribution in [2.24, 2.45) is 0 Å². The number of hydrogen-bond donors (Lipinski definition) is 0. The fraction of sp³-hybridized carbons (Fsp3) is 0.0588. The highest BCUT2D eigenvalue weighted by atomic mass is 79.9. The van der Waals surface area contributed by atoms with Gasteiger partial charge in [0, 0.05) is 10.5 Å². The Morgan fingerprint density at radius 1 is 1.19 bits per heavy atom. The van der Waals surface area contributed by atoms with Gasteiger partial charge in [0.1, 0.15) is 5.02 Å². The SMILES string of the molecule is O=C1S/C(=C\c2ccc(Cl)c([N+](=O)[O-])c2)C(=O)N1Cc1ccc(Br)cc1. The van der Waals surface area contributed by atoms with E-state index in [0.717, 1.165) is 26.7 Å². The molecule has 1 aliphatic rings. The third kappa shape index (κ3) is 3.98. The van der Waals surface area contributed by atoms with Gasteiger partial charge in [-0.15, -0.1) is 0 Å². The summed E-state index contributed by atoms with van der Waals surface area (Å²) in [5.41, 5.74) is 0.989. The van der Waals surface area contributed by atoms with E-state index in [9.17, 15) is 19.7 Å². The Balaban J connectivity index is 1.84. The summed E-state index contributed by atoms with van der Waals surface area (Å²) in [6.45, 7) is 0.163. The Kier molecular flexibility index (Phi) is 5.45. The average Bonchev–Trinajstić information content (AvgIpc) is 2.85. The van der Waals surface area contributed by atoms with Gasteiger partial charge in [0.05, 0.1) is 16.4 Å². The van der Waals surface area contributed by atoms with Crippen LogP contribution < -0.4 is 0 Å². The van der Waals surface area contributed by atoms with E-state index >= 15 is 0 Å². The Morgan fingerprint density at radius 2 is 1.88 bits per heavy atom. The molecule has 26 heavy (non-hydrogen) atoms. The number of nitrogens with zero attached hydrogens (tertiary/aromatic N) is 2. The normalized spacial score (nSPS) is 15.8. The molecule has 2 aromatic carbocycles. The zero-order valence-electron chi connectivity index (χ0n) is 13.0. The van der Waals surface area contributed by atoms with E-state index in [1.165, 1.54) is 18.2 Å². The number of hydrogen-bond acceptors (Lipinski definition) is 5. The maximum absolute atomic E-state index is 12.5. The number of nitro benzene ring substituents is 1. The lowest BCUT2D eigenvalue weighted by Crippen LogP contribution is -2.27. The van der Waals surface area contributed by atoms with E-state index in [1.807, 2.05) is 24.3 Å². The smallest absolute Gasteiger partial charge is 0.268 e. The van der Waals surface area contributed by atoms with Gasteiger partial charge in [-0.2, -0.15) is 0 Å². The quantitative estimate of drug-likeness (QED) is 0.359. The summed E-state index contributed by atoms with van der Waals surface area (Å²) < 4.78 is 0.902.